The van der Waals surface area contributed by atoms with Gasteiger partial charge < -0.3 is 19.7 Å². The molecule has 0 aromatic rings. The molecular formula is C38H42MnN8O6S2. The van der Waals surface area contributed by atoms with Crippen LogP contribution >= 0.6 is 0 Å². The van der Waals surface area contributed by atoms with Crippen LogP contribution in [0.15, 0.2) is 101 Å². The standard InChI is InChI=1S/2C19H22N4O3S.Mn/c2*24-27(25,26)19-8-7-17(23-19)11-15-4-3-13(21-15)9-12-1-2-14(20-12)10-16-5-6-18(19)22-16;/h2*9-11,18,21H,1-8H2,(H,24,25,26);/q;;+2/p-2. The Morgan fingerprint density at radius 1 is 0.491 bits per heavy atom. The van der Waals surface area contributed by atoms with Gasteiger partial charge in [-0.25, -0.2) is 16.8 Å². The van der Waals surface area contributed by atoms with Crippen LogP contribution < -0.4 is 10.6 Å². The molecule has 0 aromatic heterocycles. The van der Waals surface area contributed by atoms with Gasteiger partial charge >= 0.3 is 17.1 Å². The number of nitrogens with zero attached hydrogens (tertiary/aromatic N) is 6. The second-order valence-corrected chi connectivity index (χ2v) is 18.8. The zero-order chi connectivity index (χ0) is 37.3. The van der Waals surface area contributed by atoms with Crippen molar-refractivity contribution >= 4 is 54.5 Å². The second-order valence-electron chi connectivity index (χ2n) is 15.6. The van der Waals surface area contributed by atoms with E-state index in [9.17, 15) is 25.9 Å². The summed E-state index contributed by atoms with van der Waals surface area (Å²) >= 11 is 0. The Labute approximate surface area is 331 Å². The summed E-state index contributed by atoms with van der Waals surface area (Å²) in [5.74, 6) is 0. The SMILES string of the molecule is O=S(=O)([O-])C12CCC(=N1)C=C1CCC(=CC3=NC(=CC4=NC2CC4)CC3)N1.O=S(=O)([O-])C12CCC(=N1)C=C1CCC(=CC3=NC(=CC4=NC2CC4)CC3)N1.[Mn+2]. The van der Waals surface area contributed by atoms with Gasteiger partial charge in [0.2, 0.25) is 0 Å². The van der Waals surface area contributed by atoms with Gasteiger partial charge in [-0.05, 0) is 139 Å². The molecule has 17 heteroatoms. The molecule has 0 aliphatic carbocycles. The second kappa shape index (κ2) is 14.4. The summed E-state index contributed by atoms with van der Waals surface area (Å²) in [5.41, 5.74) is 11.3. The average molecular weight is 826 g/mol. The first kappa shape index (κ1) is 38.3. The summed E-state index contributed by atoms with van der Waals surface area (Å²) in [5, 5.41) is 6.79. The third kappa shape index (κ3) is 7.39. The van der Waals surface area contributed by atoms with Crippen LogP contribution in [-0.2, 0) is 37.3 Å². The van der Waals surface area contributed by atoms with Crippen LogP contribution in [0.4, 0.5) is 0 Å². The summed E-state index contributed by atoms with van der Waals surface area (Å²) in [7, 11) is -9.24. The first-order chi connectivity index (χ1) is 25.8. The van der Waals surface area contributed by atoms with E-state index in [2.05, 4.69) is 42.8 Å². The number of aliphatic imine (C=N–C) groups is 6. The summed E-state index contributed by atoms with van der Waals surface area (Å²) in [6.07, 6.45) is 22.8. The van der Waals surface area contributed by atoms with Gasteiger partial charge in [0, 0.05) is 68.5 Å². The topological polar surface area (TPSA) is 213 Å². The maximum absolute atomic E-state index is 12.2. The number of hydrogen-bond donors (Lipinski definition) is 2. The minimum Gasteiger partial charge on any atom is -0.746 e. The zero-order valence-corrected chi connectivity index (χ0v) is 33.1. The van der Waals surface area contributed by atoms with E-state index in [1.54, 1.807) is 0 Å². The van der Waals surface area contributed by atoms with Gasteiger partial charge in [-0.15, -0.1) is 0 Å². The van der Waals surface area contributed by atoms with Gasteiger partial charge in [0.05, 0.1) is 12.1 Å². The van der Waals surface area contributed by atoms with Gasteiger partial charge in [0.1, 0.15) is 20.2 Å². The third-order valence-electron chi connectivity index (χ3n) is 11.9. The van der Waals surface area contributed by atoms with Crippen molar-refractivity contribution in [2.75, 3.05) is 0 Å². The number of fused-ring (bicyclic) bond motifs is 12. The van der Waals surface area contributed by atoms with Crippen molar-refractivity contribution in [1.82, 2.24) is 10.6 Å². The Morgan fingerprint density at radius 2 is 0.873 bits per heavy atom. The Kier molecular flexibility index (Phi) is 10.0. The van der Waals surface area contributed by atoms with Crippen molar-refractivity contribution in [1.29, 1.82) is 0 Å². The molecule has 2 N–H and O–H groups in total. The van der Waals surface area contributed by atoms with Gasteiger partial charge in [-0.3, -0.25) is 30.0 Å². The monoisotopic (exact) mass is 825 g/mol. The summed E-state index contributed by atoms with van der Waals surface area (Å²) in [4.78, 5) is 24.2. The molecular weight excluding hydrogens is 784 g/mol. The van der Waals surface area contributed by atoms with E-state index in [1.165, 1.54) is 0 Å². The molecule has 4 atom stereocenters. The molecule has 55 heavy (non-hydrogen) atoms. The molecule has 10 aliphatic heterocycles. The summed E-state index contributed by atoms with van der Waals surface area (Å²) in [6, 6.07) is -1.22. The van der Waals surface area contributed by atoms with E-state index in [0.29, 0.717) is 49.9 Å². The molecule has 10 rings (SSSR count). The van der Waals surface area contributed by atoms with Crippen LogP contribution in [0.2, 0.25) is 0 Å². The zero-order valence-electron chi connectivity index (χ0n) is 30.3. The van der Waals surface area contributed by atoms with E-state index in [1.807, 2.05) is 24.3 Å². The van der Waals surface area contributed by atoms with Crippen molar-refractivity contribution in [2.24, 2.45) is 30.0 Å². The van der Waals surface area contributed by atoms with Gasteiger partial charge in [-0.2, -0.15) is 0 Å². The number of rotatable bonds is 2. The molecule has 289 valence electrons. The van der Waals surface area contributed by atoms with Crippen molar-refractivity contribution in [3.05, 3.63) is 70.6 Å². The maximum atomic E-state index is 12.2. The van der Waals surface area contributed by atoms with E-state index in [-0.39, 0.29) is 29.9 Å². The first-order valence-electron chi connectivity index (χ1n) is 19.0. The molecule has 1 radical (unpaired) electrons. The Hall–Kier alpha value is -3.60. The molecule has 10 heterocycles. The fraction of sp³-hybridized carbons (Fsp3) is 0.526. The molecule has 10 aliphatic rings. The predicted molar refractivity (Wildman–Crippen MR) is 206 cm³/mol. The fourth-order valence-electron chi connectivity index (χ4n) is 9.16. The minimum absolute atomic E-state index is 0. The Bertz CT molecular complexity index is 2170. The predicted octanol–water partition coefficient (Wildman–Crippen LogP) is 4.70. The summed E-state index contributed by atoms with van der Waals surface area (Å²) < 4.78 is 73.3. The van der Waals surface area contributed by atoms with Crippen LogP contribution in [-0.4, -0.2) is 82.0 Å². The normalized spacial score (nSPS) is 31.8. The van der Waals surface area contributed by atoms with Crippen LogP contribution in [0, 0.1) is 0 Å². The van der Waals surface area contributed by atoms with Crippen LogP contribution in [0.25, 0.3) is 0 Å². The molecule has 2 saturated heterocycles. The summed E-state index contributed by atoms with van der Waals surface area (Å²) in [6.45, 7) is 0. The van der Waals surface area contributed by atoms with Gasteiger partial charge in [0.15, 0.2) is 9.74 Å². The van der Waals surface area contributed by atoms with Crippen LogP contribution in [0.3, 0.4) is 0 Å². The largest absolute Gasteiger partial charge is 2.00 e. The molecule has 0 spiro atoms. The molecule has 14 nitrogen and oxygen atoms in total. The van der Waals surface area contributed by atoms with Crippen LogP contribution in [0.1, 0.15) is 103 Å². The molecule has 4 unspecified atom stereocenters. The Balaban J connectivity index is 0.000000153. The maximum Gasteiger partial charge on any atom is 2.00 e. The molecule has 0 amide bonds. The Morgan fingerprint density at radius 3 is 1.25 bits per heavy atom. The smallest absolute Gasteiger partial charge is 0.746 e. The third-order valence-corrected chi connectivity index (χ3v) is 14.8. The van der Waals surface area contributed by atoms with E-state index < -0.39 is 42.1 Å². The van der Waals surface area contributed by atoms with E-state index >= 15 is 0 Å². The van der Waals surface area contributed by atoms with E-state index in [0.717, 1.165) is 108 Å². The van der Waals surface area contributed by atoms with Gasteiger partial charge in [-0.1, -0.05) is 0 Å². The average Bonchev–Trinajstić information content (AvgIpc) is 3.95. The molecule has 0 saturated carbocycles. The van der Waals surface area contributed by atoms with Gasteiger partial charge in [0.25, 0.3) is 0 Å². The molecule has 0 aromatic carbocycles. The molecule has 2 fully saturated rings. The van der Waals surface area contributed by atoms with E-state index in [4.69, 9.17) is 9.98 Å². The first-order valence-corrected chi connectivity index (χ1v) is 21.8. The minimum atomic E-state index is -4.62. The number of hydrogen-bond acceptors (Lipinski definition) is 14. The fourth-order valence-corrected chi connectivity index (χ4v) is 11.3. The van der Waals surface area contributed by atoms with Crippen molar-refractivity contribution in [2.45, 2.75) is 125 Å². The van der Waals surface area contributed by atoms with Crippen molar-refractivity contribution in [3.63, 3.8) is 0 Å². The number of nitrogens with one attached hydrogen (secondary N) is 2. The molecule has 16 bridgehead atoms. The quantitative estimate of drug-likeness (QED) is 0.294. The van der Waals surface area contributed by atoms with Crippen LogP contribution in [0.5, 0.6) is 0 Å². The van der Waals surface area contributed by atoms with Crippen molar-refractivity contribution < 1.29 is 43.0 Å². The van der Waals surface area contributed by atoms with Crippen molar-refractivity contribution in [3.8, 4) is 0 Å². The number of allylic oxidation sites excluding steroid dienone is 12.